The van der Waals surface area contributed by atoms with Gasteiger partial charge in [0, 0.05) is 11.5 Å². The van der Waals surface area contributed by atoms with Gasteiger partial charge in [0.15, 0.2) is 0 Å². The Bertz CT molecular complexity index is 749. The lowest BCUT2D eigenvalue weighted by molar-refractivity contribution is 0.250. The third-order valence-electron chi connectivity index (χ3n) is 7.39. The van der Waals surface area contributed by atoms with Crippen molar-refractivity contribution in [3.63, 3.8) is 0 Å². The maximum Gasteiger partial charge on any atom is 0.142 e. The minimum atomic E-state index is -0.510. The molecule has 2 aliphatic rings. The smallest absolute Gasteiger partial charge is 0.142 e. The lowest BCUT2D eigenvalue weighted by Gasteiger charge is -2.28. The van der Waals surface area contributed by atoms with E-state index in [1.165, 1.54) is 57.1 Å². The molecule has 0 amide bonds. The zero-order chi connectivity index (χ0) is 22.1. The second kappa shape index (κ2) is 12.6. The van der Waals surface area contributed by atoms with E-state index in [1.54, 1.807) is 5.54 Å². The van der Waals surface area contributed by atoms with Crippen molar-refractivity contribution in [2.45, 2.75) is 90.4 Å². The minimum Gasteiger partial charge on any atom is -0.206 e. The van der Waals surface area contributed by atoms with Crippen LogP contribution in [0, 0.1) is 47.1 Å². The summed E-state index contributed by atoms with van der Waals surface area (Å²) in [6.45, 7) is 2.26. The molecule has 2 fully saturated rings. The van der Waals surface area contributed by atoms with Crippen LogP contribution in [0.2, 0.25) is 0 Å². The molecule has 170 valence electrons. The van der Waals surface area contributed by atoms with Gasteiger partial charge in [0.1, 0.15) is 11.6 Å². The molecule has 1 aromatic carbocycles. The number of allylic oxidation sites excluding steroid dienone is 1. The van der Waals surface area contributed by atoms with Gasteiger partial charge >= 0.3 is 0 Å². The van der Waals surface area contributed by atoms with Gasteiger partial charge in [-0.25, -0.2) is 8.78 Å². The van der Waals surface area contributed by atoms with E-state index in [4.69, 9.17) is 11.6 Å². The van der Waals surface area contributed by atoms with Crippen molar-refractivity contribution in [2.24, 2.45) is 23.7 Å². The van der Waals surface area contributed by atoms with Crippen LogP contribution >= 0.6 is 11.6 Å². The lowest BCUT2D eigenvalue weighted by atomic mass is 9.78. The van der Waals surface area contributed by atoms with Gasteiger partial charge in [0.05, 0.1) is 5.56 Å². The highest BCUT2D eigenvalue weighted by Gasteiger charge is 2.21. The van der Waals surface area contributed by atoms with E-state index in [0.29, 0.717) is 11.8 Å². The summed E-state index contributed by atoms with van der Waals surface area (Å²) in [5, 5.41) is 0. The third kappa shape index (κ3) is 7.64. The second-order valence-corrected chi connectivity index (χ2v) is 9.95. The molecule has 0 saturated heterocycles. The van der Waals surface area contributed by atoms with Crippen molar-refractivity contribution in [2.75, 3.05) is 0 Å². The fourth-order valence-electron chi connectivity index (χ4n) is 5.29. The number of rotatable bonds is 7. The Morgan fingerprint density at radius 1 is 0.935 bits per heavy atom. The fraction of sp³-hybridized carbons (Fsp3) is 0.643. The van der Waals surface area contributed by atoms with Crippen LogP contribution in [0.5, 0.6) is 0 Å². The summed E-state index contributed by atoms with van der Waals surface area (Å²) >= 11 is 5.66. The van der Waals surface area contributed by atoms with Crippen LogP contribution in [0.1, 0.15) is 95.1 Å². The topological polar surface area (TPSA) is 0 Å². The maximum absolute atomic E-state index is 14.6. The van der Waals surface area contributed by atoms with E-state index in [9.17, 15) is 8.78 Å². The molecule has 0 spiro atoms. The number of aryl methyl sites for hydroxylation is 1. The summed E-state index contributed by atoms with van der Waals surface area (Å²) in [5.41, 5.74) is 2.28. The predicted octanol–water partition coefficient (Wildman–Crippen LogP) is 8.80. The van der Waals surface area contributed by atoms with Gasteiger partial charge in [-0.2, -0.15) is 0 Å². The molecule has 2 saturated carbocycles. The molecule has 0 heterocycles. The quantitative estimate of drug-likeness (QED) is 0.367. The molecule has 0 aliphatic heterocycles. The summed E-state index contributed by atoms with van der Waals surface area (Å²) < 4.78 is 29.2. The minimum absolute atomic E-state index is 0.0667. The SMILES string of the molecule is CCCC[C@H]1CC[C@H](CCc2cc(F)c(C#CC3CCC(/C=C/Cl)CC3)c(F)c2)CC1. The van der Waals surface area contributed by atoms with Gasteiger partial charge in [0.25, 0.3) is 0 Å². The highest BCUT2D eigenvalue weighted by Crippen LogP contribution is 2.34. The Labute approximate surface area is 192 Å². The summed E-state index contributed by atoms with van der Waals surface area (Å²) in [6.07, 6.45) is 17.0. The highest BCUT2D eigenvalue weighted by atomic mass is 35.5. The standard InChI is InChI=1S/C28H37ClF2/c1-2-3-4-21-5-7-22(8-6-21)13-14-25-19-27(30)26(28(31)20-25)16-15-23-9-11-24(12-10-23)17-18-29/h17-24H,2-14H2,1H3/b18-17+/t21-,22-,23?,24?. The van der Waals surface area contributed by atoms with Crippen LogP contribution in [0.3, 0.4) is 0 Å². The zero-order valence-corrected chi connectivity index (χ0v) is 19.7. The number of halogens is 3. The van der Waals surface area contributed by atoms with Gasteiger partial charge in [0.2, 0.25) is 0 Å². The van der Waals surface area contributed by atoms with Crippen LogP contribution in [0.15, 0.2) is 23.7 Å². The molecule has 0 unspecified atom stereocenters. The summed E-state index contributed by atoms with van der Waals surface area (Å²) in [7, 11) is 0. The van der Waals surface area contributed by atoms with Crippen molar-refractivity contribution in [1.82, 2.24) is 0 Å². The largest absolute Gasteiger partial charge is 0.206 e. The highest BCUT2D eigenvalue weighted by molar-refractivity contribution is 6.25. The molecule has 0 nitrogen and oxygen atoms in total. The van der Waals surface area contributed by atoms with Crippen LogP contribution in [0.25, 0.3) is 0 Å². The Balaban J connectivity index is 1.50. The third-order valence-corrected chi connectivity index (χ3v) is 7.54. The van der Waals surface area contributed by atoms with Crippen molar-refractivity contribution < 1.29 is 8.78 Å². The molecular formula is C28H37ClF2. The zero-order valence-electron chi connectivity index (χ0n) is 18.9. The number of unbranched alkanes of at least 4 members (excludes halogenated alkanes) is 1. The first kappa shape index (κ1) is 24.3. The summed E-state index contributed by atoms with van der Waals surface area (Å²) in [4.78, 5) is 0. The van der Waals surface area contributed by atoms with Gasteiger partial charge in [-0.05, 0) is 74.0 Å². The molecule has 1 aromatic rings. The maximum atomic E-state index is 14.6. The molecule has 0 bridgehead atoms. The monoisotopic (exact) mass is 446 g/mol. The van der Waals surface area contributed by atoms with Gasteiger partial charge in [-0.15, -0.1) is 0 Å². The van der Waals surface area contributed by atoms with Crippen molar-refractivity contribution in [1.29, 1.82) is 0 Å². The first-order chi connectivity index (χ1) is 15.1. The number of hydrogen-bond acceptors (Lipinski definition) is 0. The van der Waals surface area contributed by atoms with Crippen LogP contribution < -0.4 is 0 Å². The Morgan fingerprint density at radius 2 is 1.55 bits per heavy atom. The fourth-order valence-corrected chi connectivity index (χ4v) is 5.50. The van der Waals surface area contributed by atoms with E-state index in [-0.39, 0.29) is 11.5 Å². The Kier molecular flexibility index (Phi) is 9.92. The predicted molar refractivity (Wildman–Crippen MR) is 127 cm³/mol. The average molecular weight is 447 g/mol. The van der Waals surface area contributed by atoms with Crippen LogP contribution in [0.4, 0.5) is 8.78 Å². The van der Waals surface area contributed by atoms with Crippen molar-refractivity contribution >= 4 is 11.6 Å². The molecule has 3 rings (SSSR count). The first-order valence-corrected chi connectivity index (χ1v) is 12.8. The molecule has 0 atom stereocenters. The van der Waals surface area contributed by atoms with E-state index >= 15 is 0 Å². The first-order valence-electron chi connectivity index (χ1n) is 12.3. The normalized spacial score (nSPS) is 26.6. The van der Waals surface area contributed by atoms with Gasteiger partial charge in [-0.3, -0.25) is 0 Å². The summed E-state index contributed by atoms with van der Waals surface area (Å²) in [5.74, 6) is 7.23. The van der Waals surface area contributed by atoms with E-state index in [2.05, 4.69) is 18.8 Å². The lowest BCUT2D eigenvalue weighted by Crippen LogP contribution is -2.15. The molecule has 31 heavy (non-hydrogen) atoms. The molecule has 0 radical (unpaired) electrons. The molecule has 0 N–H and O–H groups in total. The van der Waals surface area contributed by atoms with Crippen LogP contribution in [-0.2, 0) is 6.42 Å². The van der Waals surface area contributed by atoms with E-state index < -0.39 is 11.6 Å². The molecule has 2 aliphatic carbocycles. The Hall–Kier alpha value is -1.33. The van der Waals surface area contributed by atoms with Gasteiger partial charge in [-0.1, -0.05) is 81.4 Å². The van der Waals surface area contributed by atoms with Crippen molar-refractivity contribution in [3.05, 3.63) is 46.5 Å². The number of benzene rings is 1. The average Bonchev–Trinajstić information content (AvgIpc) is 2.77. The van der Waals surface area contributed by atoms with Crippen LogP contribution in [-0.4, -0.2) is 0 Å². The Morgan fingerprint density at radius 3 is 2.13 bits per heavy atom. The van der Waals surface area contributed by atoms with Gasteiger partial charge < -0.3 is 0 Å². The molecular weight excluding hydrogens is 410 g/mol. The van der Waals surface area contributed by atoms with E-state index in [1.807, 2.05) is 6.08 Å². The molecule has 3 heteroatoms. The summed E-state index contributed by atoms with van der Waals surface area (Å²) in [6, 6.07) is 3.00. The molecule has 0 aromatic heterocycles. The van der Waals surface area contributed by atoms with E-state index in [0.717, 1.165) is 50.0 Å². The van der Waals surface area contributed by atoms with Crippen molar-refractivity contribution in [3.8, 4) is 11.8 Å². The number of hydrogen-bond donors (Lipinski definition) is 0. The second-order valence-electron chi connectivity index (χ2n) is 9.70.